The first-order chi connectivity index (χ1) is 10.8. The molecule has 120 valence electrons. The van der Waals surface area contributed by atoms with Crippen LogP contribution in [0.2, 0.25) is 10.0 Å². The van der Waals surface area contributed by atoms with Crippen LogP contribution in [0.5, 0.6) is 5.75 Å². The van der Waals surface area contributed by atoms with Crippen LogP contribution < -0.4 is 10.1 Å². The lowest BCUT2D eigenvalue weighted by Crippen LogP contribution is -2.18. The van der Waals surface area contributed by atoms with E-state index in [4.69, 9.17) is 27.9 Å². The molecular weight excluding hydrogens is 343 g/mol. The van der Waals surface area contributed by atoms with Crippen molar-refractivity contribution in [2.24, 2.45) is 0 Å². The fraction of sp³-hybridized carbons (Fsp3) is 0.133. The van der Waals surface area contributed by atoms with E-state index < -0.39 is 11.0 Å². The summed E-state index contributed by atoms with van der Waals surface area (Å²) in [4.78, 5) is 22.3. The van der Waals surface area contributed by atoms with Crippen molar-refractivity contribution in [3.63, 3.8) is 0 Å². The number of anilines is 1. The number of aryl methyl sites for hydroxylation is 2. The van der Waals surface area contributed by atoms with Gasteiger partial charge >= 0.3 is 6.09 Å². The highest BCUT2D eigenvalue weighted by atomic mass is 35.5. The van der Waals surface area contributed by atoms with E-state index in [0.717, 1.165) is 0 Å². The summed E-state index contributed by atoms with van der Waals surface area (Å²) < 4.78 is 5.23. The largest absolute Gasteiger partial charge is 0.417 e. The van der Waals surface area contributed by atoms with Gasteiger partial charge in [-0.05, 0) is 37.1 Å². The number of nitrogens with one attached hydrogen (secondary N) is 1. The van der Waals surface area contributed by atoms with Crippen LogP contribution in [-0.4, -0.2) is 11.0 Å². The third-order valence-corrected chi connectivity index (χ3v) is 3.67. The van der Waals surface area contributed by atoms with Gasteiger partial charge in [0.15, 0.2) is 0 Å². The maximum atomic E-state index is 12.0. The molecule has 0 spiro atoms. The number of amides is 1. The number of ether oxygens (including phenoxy) is 1. The zero-order chi connectivity index (χ0) is 17.1. The molecule has 0 aliphatic heterocycles. The predicted octanol–water partition coefficient (Wildman–Crippen LogP) is 5.13. The number of carbonyl (C=O) groups excluding carboxylic acids is 1. The standard InChI is InChI=1S/C15H12Cl2N2O4/c1-8-6-10(19(21)22)7-9(2)14(8)23-15(20)18-13-11(16)4-3-5-12(13)17/h3-7H,1-2H3,(H,18,20). The summed E-state index contributed by atoms with van der Waals surface area (Å²) in [6.45, 7) is 3.23. The second kappa shape index (κ2) is 6.85. The highest BCUT2D eigenvalue weighted by Crippen LogP contribution is 2.31. The van der Waals surface area contributed by atoms with Gasteiger partial charge in [-0.1, -0.05) is 29.3 Å². The summed E-state index contributed by atoms with van der Waals surface area (Å²) in [7, 11) is 0. The minimum atomic E-state index is -0.792. The lowest BCUT2D eigenvalue weighted by Gasteiger charge is -2.12. The number of hydrogen-bond donors (Lipinski definition) is 1. The first kappa shape index (κ1) is 17.1. The van der Waals surface area contributed by atoms with Crippen LogP contribution >= 0.6 is 23.2 Å². The van der Waals surface area contributed by atoms with Crippen LogP contribution in [0.1, 0.15) is 11.1 Å². The number of nitrogens with zero attached hydrogens (tertiary/aromatic N) is 1. The number of carbonyl (C=O) groups is 1. The van der Waals surface area contributed by atoms with Gasteiger partial charge in [0, 0.05) is 12.1 Å². The molecule has 0 atom stereocenters. The van der Waals surface area contributed by atoms with Gasteiger partial charge in [0.05, 0.1) is 20.7 Å². The van der Waals surface area contributed by atoms with Crippen LogP contribution in [0.25, 0.3) is 0 Å². The summed E-state index contributed by atoms with van der Waals surface area (Å²) in [5.41, 5.74) is 1.11. The Morgan fingerprint density at radius 3 is 2.17 bits per heavy atom. The number of hydrogen-bond acceptors (Lipinski definition) is 4. The van der Waals surface area contributed by atoms with Gasteiger partial charge in [0.2, 0.25) is 0 Å². The molecule has 8 heteroatoms. The minimum Gasteiger partial charge on any atom is -0.410 e. The first-order valence-corrected chi connectivity index (χ1v) is 7.23. The van der Waals surface area contributed by atoms with Crippen molar-refractivity contribution in [3.8, 4) is 5.75 Å². The van der Waals surface area contributed by atoms with Crippen molar-refractivity contribution in [2.75, 3.05) is 5.32 Å². The Hall–Kier alpha value is -2.31. The molecule has 0 aliphatic rings. The van der Waals surface area contributed by atoms with E-state index in [0.29, 0.717) is 11.1 Å². The average Bonchev–Trinajstić information content (AvgIpc) is 2.46. The van der Waals surface area contributed by atoms with Gasteiger partial charge in [0.1, 0.15) is 5.75 Å². The Morgan fingerprint density at radius 2 is 1.70 bits per heavy atom. The van der Waals surface area contributed by atoms with Crippen molar-refractivity contribution < 1.29 is 14.5 Å². The van der Waals surface area contributed by atoms with Crippen LogP contribution in [0.4, 0.5) is 16.2 Å². The van der Waals surface area contributed by atoms with Crippen molar-refractivity contribution >= 4 is 40.7 Å². The lowest BCUT2D eigenvalue weighted by molar-refractivity contribution is -0.385. The number of rotatable bonds is 3. The molecule has 0 aliphatic carbocycles. The number of nitro groups is 1. The summed E-state index contributed by atoms with van der Waals surface area (Å²) in [5.74, 6) is 0.247. The van der Waals surface area contributed by atoms with E-state index in [1.165, 1.54) is 12.1 Å². The Morgan fingerprint density at radius 1 is 1.17 bits per heavy atom. The van der Waals surface area contributed by atoms with Crippen molar-refractivity contribution in [2.45, 2.75) is 13.8 Å². The van der Waals surface area contributed by atoms with Gasteiger partial charge < -0.3 is 4.74 Å². The highest BCUT2D eigenvalue weighted by molar-refractivity contribution is 6.39. The Balaban J connectivity index is 2.23. The van der Waals surface area contributed by atoms with E-state index in [1.54, 1.807) is 32.0 Å². The molecule has 0 unspecified atom stereocenters. The van der Waals surface area contributed by atoms with Gasteiger partial charge in [-0.3, -0.25) is 15.4 Å². The number of benzene rings is 2. The molecule has 0 radical (unpaired) electrons. The summed E-state index contributed by atoms with van der Waals surface area (Å²) in [6, 6.07) is 7.46. The molecule has 0 fully saturated rings. The molecule has 0 heterocycles. The minimum absolute atomic E-state index is 0.0677. The molecule has 1 N–H and O–H groups in total. The Bertz CT molecular complexity index is 750. The Labute approximate surface area is 142 Å². The molecule has 6 nitrogen and oxygen atoms in total. The SMILES string of the molecule is Cc1cc([N+](=O)[O-])cc(C)c1OC(=O)Nc1c(Cl)cccc1Cl. The smallest absolute Gasteiger partial charge is 0.410 e. The van der Waals surface area contributed by atoms with Crippen LogP contribution in [0.3, 0.4) is 0 Å². The van der Waals surface area contributed by atoms with Gasteiger partial charge in [0.25, 0.3) is 5.69 Å². The van der Waals surface area contributed by atoms with Gasteiger partial charge in [-0.2, -0.15) is 0 Å². The molecule has 0 saturated heterocycles. The Kier molecular flexibility index (Phi) is 5.08. The molecule has 2 aromatic rings. The van der Waals surface area contributed by atoms with E-state index >= 15 is 0 Å². The topological polar surface area (TPSA) is 81.5 Å². The predicted molar refractivity (Wildman–Crippen MR) is 88.7 cm³/mol. The third kappa shape index (κ3) is 3.91. The van der Waals surface area contributed by atoms with E-state index in [-0.39, 0.29) is 27.2 Å². The second-order valence-electron chi connectivity index (χ2n) is 4.78. The number of para-hydroxylation sites is 1. The summed E-state index contributed by atoms with van der Waals surface area (Å²) >= 11 is 11.9. The molecule has 2 aromatic carbocycles. The maximum Gasteiger partial charge on any atom is 0.417 e. The van der Waals surface area contributed by atoms with Crippen molar-refractivity contribution in [3.05, 3.63) is 61.6 Å². The summed E-state index contributed by atoms with van der Waals surface area (Å²) in [5, 5.41) is 13.8. The van der Waals surface area contributed by atoms with Crippen molar-refractivity contribution in [1.82, 2.24) is 0 Å². The molecule has 0 bridgehead atoms. The van der Waals surface area contributed by atoms with Crippen LogP contribution in [-0.2, 0) is 0 Å². The molecular formula is C15H12Cl2N2O4. The number of halogens is 2. The zero-order valence-electron chi connectivity index (χ0n) is 12.2. The number of non-ortho nitro benzene ring substituents is 1. The zero-order valence-corrected chi connectivity index (χ0v) is 13.7. The molecule has 1 amide bonds. The first-order valence-electron chi connectivity index (χ1n) is 6.48. The monoisotopic (exact) mass is 354 g/mol. The second-order valence-corrected chi connectivity index (χ2v) is 5.59. The normalized spacial score (nSPS) is 10.3. The quantitative estimate of drug-likeness (QED) is 0.611. The third-order valence-electron chi connectivity index (χ3n) is 3.04. The van der Waals surface area contributed by atoms with Gasteiger partial charge in [-0.15, -0.1) is 0 Å². The molecule has 0 aromatic heterocycles. The fourth-order valence-corrected chi connectivity index (χ4v) is 2.52. The molecule has 23 heavy (non-hydrogen) atoms. The average molecular weight is 355 g/mol. The fourth-order valence-electron chi connectivity index (χ4n) is 2.03. The highest BCUT2D eigenvalue weighted by Gasteiger charge is 2.17. The number of nitro benzene ring substituents is 1. The molecule has 2 rings (SSSR count). The van der Waals surface area contributed by atoms with E-state index in [2.05, 4.69) is 5.32 Å². The van der Waals surface area contributed by atoms with Crippen LogP contribution in [0.15, 0.2) is 30.3 Å². The summed E-state index contributed by atoms with van der Waals surface area (Å²) in [6.07, 6.45) is -0.792. The van der Waals surface area contributed by atoms with Crippen LogP contribution in [0, 0.1) is 24.0 Å². The van der Waals surface area contributed by atoms with E-state index in [1.807, 2.05) is 0 Å². The van der Waals surface area contributed by atoms with Crippen molar-refractivity contribution in [1.29, 1.82) is 0 Å². The molecule has 0 saturated carbocycles. The maximum absolute atomic E-state index is 12.0. The van der Waals surface area contributed by atoms with Gasteiger partial charge in [-0.25, -0.2) is 4.79 Å². The lowest BCUT2D eigenvalue weighted by atomic mass is 10.1. The van der Waals surface area contributed by atoms with E-state index in [9.17, 15) is 14.9 Å².